The minimum atomic E-state index is 0.415. The summed E-state index contributed by atoms with van der Waals surface area (Å²) in [4.78, 5) is 0. The number of nitrogens with one attached hydrogen (secondary N) is 1. The highest BCUT2D eigenvalue weighted by Crippen LogP contribution is 2.25. The standard InChI is InChI=1S/C18H27NO/c1-13(19-12-18-9-10-20-14(18)2)16-8-7-15-5-3-4-6-17(15)11-16/h7-8,11,13-14,18-19H,3-6,9-10,12H2,1-2H3. The monoisotopic (exact) mass is 273 g/mol. The van der Waals surface area contributed by atoms with Crippen molar-refractivity contribution in [3.05, 3.63) is 34.9 Å². The van der Waals surface area contributed by atoms with Crippen LogP contribution < -0.4 is 5.32 Å². The van der Waals surface area contributed by atoms with Crippen molar-refractivity contribution in [2.75, 3.05) is 13.2 Å². The van der Waals surface area contributed by atoms with Gasteiger partial charge in [0.05, 0.1) is 6.10 Å². The molecule has 2 aliphatic rings. The fourth-order valence-corrected chi connectivity index (χ4v) is 3.51. The molecule has 1 aromatic carbocycles. The van der Waals surface area contributed by atoms with Gasteiger partial charge in [0.15, 0.2) is 0 Å². The van der Waals surface area contributed by atoms with Crippen LogP contribution in [0.3, 0.4) is 0 Å². The normalized spacial score (nSPS) is 27.3. The third-order valence-corrected chi connectivity index (χ3v) is 5.09. The highest BCUT2D eigenvalue weighted by Gasteiger charge is 2.24. The lowest BCUT2D eigenvalue weighted by Gasteiger charge is -2.22. The maximum absolute atomic E-state index is 5.64. The Morgan fingerprint density at radius 3 is 2.80 bits per heavy atom. The Hall–Kier alpha value is -0.860. The van der Waals surface area contributed by atoms with Crippen molar-refractivity contribution in [2.24, 2.45) is 5.92 Å². The van der Waals surface area contributed by atoms with Crippen LogP contribution in [0, 0.1) is 5.92 Å². The molecule has 0 spiro atoms. The molecule has 2 nitrogen and oxygen atoms in total. The van der Waals surface area contributed by atoms with Crippen LogP contribution in [0.1, 0.15) is 55.8 Å². The minimum absolute atomic E-state index is 0.415. The largest absolute Gasteiger partial charge is 0.378 e. The lowest BCUT2D eigenvalue weighted by Crippen LogP contribution is -2.29. The molecule has 0 radical (unpaired) electrons. The summed E-state index contributed by atoms with van der Waals surface area (Å²) in [5.74, 6) is 0.676. The van der Waals surface area contributed by atoms with Gasteiger partial charge in [0.1, 0.15) is 0 Å². The molecule has 1 aliphatic heterocycles. The summed E-state index contributed by atoms with van der Waals surface area (Å²) in [5.41, 5.74) is 4.60. The quantitative estimate of drug-likeness (QED) is 0.904. The van der Waals surface area contributed by atoms with Crippen LogP contribution in [0.4, 0.5) is 0 Å². The second-order valence-corrected chi connectivity index (χ2v) is 6.49. The van der Waals surface area contributed by atoms with E-state index in [9.17, 15) is 0 Å². The van der Waals surface area contributed by atoms with E-state index in [2.05, 4.69) is 37.4 Å². The predicted molar refractivity (Wildman–Crippen MR) is 83.0 cm³/mol. The molecule has 1 saturated heterocycles. The van der Waals surface area contributed by atoms with Crippen molar-refractivity contribution >= 4 is 0 Å². The van der Waals surface area contributed by atoms with E-state index >= 15 is 0 Å². The van der Waals surface area contributed by atoms with Crippen LogP contribution in [0.5, 0.6) is 0 Å². The number of hydrogen-bond donors (Lipinski definition) is 1. The summed E-state index contributed by atoms with van der Waals surface area (Å²) in [5, 5.41) is 3.70. The van der Waals surface area contributed by atoms with E-state index in [0.717, 1.165) is 13.2 Å². The highest BCUT2D eigenvalue weighted by molar-refractivity contribution is 5.35. The molecule has 1 fully saturated rings. The van der Waals surface area contributed by atoms with E-state index in [1.165, 1.54) is 37.7 Å². The first-order valence-corrected chi connectivity index (χ1v) is 8.20. The first-order chi connectivity index (χ1) is 9.74. The maximum Gasteiger partial charge on any atom is 0.0588 e. The lowest BCUT2D eigenvalue weighted by atomic mass is 9.89. The molecule has 20 heavy (non-hydrogen) atoms. The molecule has 1 heterocycles. The van der Waals surface area contributed by atoms with Crippen LogP contribution in [0.25, 0.3) is 0 Å². The molecule has 2 heteroatoms. The molecule has 3 rings (SSSR count). The molecule has 0 bridgehead atoms. The summed E-state index contributed by atoms with van der Waals surface area (Å²) < 4.78 is 5.64. The van der Waals surface area contributed by atoms with Gasteiger partial charge in [-0.2, -0.15) is 0 Å². The van der Waals surface area contributed by atoms with Crippen molar-refractivity contribution < 1.29 is 4.74 Å². The van der Waals surface area contributed by atoms with Gasteiger partial charge in [-0.15, -0.1) is 0 Å². The lowest BCUT2D eigenvalue weighted by molar-refractivity contribution is 0.105. The van der Waals surface area contributed by atoms with Gasteiger partial charge in [-0.3, -0.25) is 0 Å². The van der Waals surface area contributed by atoms with Gasteiger partial charge in [-0.1, -0.05) is 18.2 Å². The van der Waals surface area contributed by atoms with Crippen LogP contribution in [-0.2, 0) is 17.6 Å². The smallest absolute Gasteiger partial charge is 0.0588 e. The Morgan fingerprint density at radius 2 is 2.05 bits per heavy atom. The SMILES string of the molecule is CC(NCC1CCOC1C)c1ccc2c(c1)CCCC2. The molecule has 0 aromatic heterocycles. The Morgan fingerprint density at radius 1 is 1.25 bits per heavy atom. The molecular formula is C18H27NO. The summed E-state index contributed by atoms with van der Waals surface area (Å²) in [6, 6.07) is 7.54. The molecule has 1 aliphatic carbocycles. The first kappa shape index (κ1) is 14.1. The second kappa shape index (κ2) is 6.28. The molecule has 0 amide bonds. The van der Waals surface area contributed by atoms with Crippen LogP contribution >= 0.6 is 0 Å². The van der Waals surface area contributed by atoms with Crippen LogP contribution in [0.15, 0.2) is 18.2 Å². The molecule has 1 N–H and O–H groups in total. The fourth-order valence-electron chi connectivity index (χ4n) is 3.51. The van der Waals surface area contributed by atoms with E-state index in [1.807, 2.05) is 0 Å². The van der Waals surface area contributed by atoms with Gasteiger partial charge < -0.3 is 10.1 Å². The number of hydrogen-bond acceptors (Lipinski definition) is 2. The van der Waals surface area contributed by atoms with Crippen LogP contribution in [0.2, 0.25) is 0 Å². The second-order valence-electron chi connectivity index (χ2n) is 6.49. The number of rotatable bonds is 4. The zero-order valence-electron chi connectivity index (χ0n) is 12.8. The van der Waals surface area contributed by atoms with Crippen molar-refractivity contribution in [2.45, 2.75) is 58.1 Å². The Balaban J connectivity index is 1.60. The maximum atomic E-state index is 5.64. The molecule has 1 aromatic rings. The van der Waals surface area contributed by atoms with Crippen LogP contribution in [-0.4, -0.2) is 19.3 Å². The van der Waals surface area contributed by atoms with Gasteiger partial charge in [-0.25, -0.2) is 0 Å². The van der Waals surface area contributed by atoms with Gasteiger partial charge in [0, 0.05) is 19.2 Å². The summed E-state index contributed by atoms with van der Waals surface area (Å²) in [6.45, 7) is 6.48. The average Bonchev–Trinajstić information content (AvgIpc) is 2.89. The number of fused-ring (bicyclic) bond motifs is 1. The van der Waals surface area contributed by atoms with E-state index in [0.29, 0.717) is 18.1 Å². The van der Waals surface area contributed by atoms with E-state index in [1.54, 1.807) is 11.1 Å². The topological polar surface area (TPSA) is 21.3 Å². The highest BCUT2D eigenvalue weighted by atomic mass is 16.5. The molecule has 110 valence electrons. The first-order valence-electron chi connectivity index (χ1n) is 8.20. The predicted octanol–water partition coefficient (Wildman–Crippen LogP) is 3.64. The zero-order valence-corrected chi connectivity index (χ0v) is 12.8. The van der Waals surface area contributed by atoms with Gasteiger partial charge in [-0.05, 0) is 68.6 Å². The third-order valence-electron chi connectivity index (χ3n) is 5.09. The van der Waals surface area contributed by atoms with Gasteiger partial charge in [0.2, 0.25) is 0 Å². The van der Waals surface area contributed by atoms with Crippen molar-refractivity contribution in [3.63, 3.8) is 0 Å². The Bertz CT molecular complexity index is 457. The van der Waals surface area contributed by atoms with Gasteiger partial charge in [0.25, 0.3) is 0 Å². The summed E-state index contributed by atoms with van der Waals surface area (Å²) in [7, 11) is 0. The Labute approximate surface area is 122 Å². The number of benzene rings is 1. The minimum Gasteiger partial charge on any atom is -0.378 e. The van der Waals surface area contributed by atoms with Crippen molar-refractivity contribution in [1.29, 1.82) is 0 Å². The number of ether oxygens (including phenoxy) is 1. The van der Waals surface area contributed by atoms with Crippen molar-refractivity contribution in [3.8, 4) is 0 Å². The van der Waals surface area contributed by atoms with E-state index in [-0.39, 0.29) is 0 Å². The third kappa shape index (κ3) is 3.07. The summed E-state index contributed by atoms with van der Waals surface area (Å²) >= 11 is 0. The van der Waals surface area contributed by atoms with Crippen molar-refractivity contribution in [1.82, 2.24) is 5.32 Å². The van der Waals surface area contributed by atoms with E-state index < -0.39 is 0 Å². The van der Waals surface area contributed by atoms with Gasteiger partial charge >= 0.3 is 0 Å². The average molecular weight is 273 g/mol. The molecular weight excluding hydrogens is 246 g/mol. The summed E-state index contributed by atoms with van der Waals surface area (Å²) in [6.07, 6.45) is 6.87. The number of aryl methyl sites for hydroxylation is 2. The zero-order chi connectivity index (χ0) is 13.9. The Kier molecular flexibility index (Phi) is 4.42. The molecule has 3 unspecified atom stereocenters. The van der Waals surface area contributed by atoms with E-state index in [4.69, 9.17) is 4.74 Å². The molecule has 0 saturated carbocycles. The molecule has 3 atom stereocenters. The fraction of sp³-hybridized carbons (Fsp3) is 0.667.